The average Bonchev–Trinajstić information content (AvgIpc) is 3.53. The molecule has 14 heteroatoms. The quantitative estimate of drug-likeness (QED) is 0.135. The lowest BCUT2D eigenvalue weighted by atomic mass is 9.91. The number of amides is 2. The number of hydrogen-bond donors (Lipinski definition) is 2. The molecule has 2 N–H and O–H groups in total. The molecule has 1 saturated carbocycles. The van der Waals surface area contributed by atoms with Crippen molar-refractivity contribution in [1.29, 1.82) is 0 Å². The Bertz CT molecular complexity index is 2060. The van der Waals surface area contributed by atoms with Gasteiger partial charge < -0.3 is 15.4 Å². The molecule has 3 heterocycles. The van der Waals surface area contributed by atoms with Gasteiger partial charge in [-0.2, -0.15) is 13.5 Å². The smallest absolute Gasteiger partial charge is 0.264 e. The summed E-state index contributed by atoms with van der Waals surface area (Å²) in [5.74, 6) is -1.01. The Balaban J connectivity index is 1.04. The summed E-state index contributed by atoms with van der Waals surface area (Å²) in [5.41, 5.74) is 3.69. The predicted octanol–water partition coefficient (Wildman–Crippen LogP) is 5.10. The van der Waals surface area contributed by atoms with Gasteiger partial charge in [0.25, 0.3) is 21.9 Å². The van der Waals surface area contributed by atoms with Gasteiger partial charge in [-0.1, -0.05) is 36.4 Å². The first-order valence-corrected chi connectivity index (χ1v) is 17.7. The van der Waals surface area contributed by atoms with Gasteiger partial charge in [-0.3, -0.25) is 13.8 Å². The molecule has 0 spiro atoms. The number of nitrogens with one attached hydrogen (secondary N) is 2. The Morgan fingerprint density at radius 1 is 0.898 bits per heavy atom. The van der Waals surface area contributed by atoms with Gasteiger partial charge in [0, 0.05) is 24.5 Å². The second kappa shape index (κ2) is 14.9. The number of fused-ring (bicyclic) bond motifs is 1. The Morgan fingerprint density at radius 3 is 2.33 bits per heavy atom. The lowest BCUT2D eigenvalue weighted by molar-refractivity contribution is 0.0890. The van der Waals surface area contributed by atoms with Crippen LogP contribution in [0.1, 0.15) is 58.4 Å². The van der Waals surface area contributed by atoms with Crippen LogP contribution in [0.3, 0.4) is 0 Å². The lowest BCUT2D eigenvalue weighted by Gasteiger charge is -2.29. The van der Waals surface area contributed by atoms with Gasteiger partial charge in [0.15, 0.2) is 5.65 Å². The second-order valence-electron chi connectivity index (χ2n) is 11.9. The third kappa shape index (κ3) is 8.83. The van der Waals surface area contributed by atoms with E-state index < -0.39 is 21.8 Å². The van der Waals surface area contributed by atoms with Crippen LogP contribution >= 0.6 is 0 Å². The van der Waals surface area contributed by atoms with Crippen molar-refractivity contribution in [3.63, 3.8) is 0 Å². The number of carbonyl (C=O) groups is 2. The van der Waals surface area contributed by atoms with E-state index in [9.17, 15) is 22.4 Å². The zero-order valence-corrected chi connectivity index (χ0v) is 27.5. The van der Waals surface area contributed by atoms with Crippen LogP contribution in [0.5, 0.6) is 11.6 Å². The molecule has 0 radical (unpaired) electrons. The van der Waals surface area contributed by atoms with Crippen molar-refractivity contribution in [2.45, 2.75) is 50.6 Å². The molecule has 5 aromatic rings. The predicted molar refractivity (Wildman–Crippen MR) is 179 cm³/mol. The fraction of sp³-hybridized carbons (Fsp3) is 0.286. The van der Waals surface area contributed by atoms with Crippen molar-refractivity contribution in [3.8, 4) is 22.8 Å². The van der Waals surface area contributed by atoms with E-state index in [0.717, 1.165) is 35.2 Å². The molecule has 254 valence electrons. The molecule has 3 aromatic heterocycles. The molecule has 0 aliphatic heterocycles. The Hall–Kier alpha value is -5.21. The van der Waals surface area contributed by atoms with Crippen molar-refractivity contribution < 1.29 is 31.3 Å². The van der Waals surface area contributed by atoms with Gasteiger partial charge in [0.1, 0.15) is 22.7 Å². The zero-order valence-electron chi connectivity index (χ0n) is 26.7. The summed E-state index contributed by atoms with van der Waals surface area (Å²) >= 11 is 0. The average molecular weight is 687 g/mol. The Kier molecular flexibility index (Phi) is 10.3. The Labute approximate surface area is 282 Å². The summed E-state index contributed by atoms with van der Waals surface area (Å²) in [7, 11) is -3.45. The molecule has 0 unspecified atom stereocenters. The molecule has 2 aromatic carbocycles. The Morgan fingerprint density at radius 2 is 1.61 bits per heavy atom. The van der Waals surface area contributed by atoms with E-state index in [2.05, 4.69) is 25.7 Å². The number of rotatable bonds is 12. The highest BCUT2D eigenvalue weighted by molar-refractivity contribution is 7.85. The highest BCUT2D eigenvalue weighted by Gasteiger charge is 2.27. The van der Waals surface area contributed by atoms with Gasteiger partial charge in [-0.25, -0.2) is 18.9 Å². The third-order valence-electron chi connectivity index (χ3n) is 8.23. The van der Waals surface area contributed by atoms with Crippen LogP contribution in [-0.2, 0) is 20.7 Å². The maximum Gasteiger partial charge on any atom is 0.264 e. The van der Waals surface area contributed by atoms with E-state index in [1.54, 1.807) is 35.1 Å². The summed E-state index contributed by atoms with van der Waals surface area (Å²) in [5, 5.41) is 10.2. The molecule has 1 aliphatic carbocycles. The molecule has 1 aliphatic rings. The molecular formula is C35H35FN6O6S. The number of nitrogens with zero attached hydrogens (tertiary/aromatic N) is 4. The fourth-order valence-corrected chi connectivity index (χ4v) is 6.19. The lowest BCUT2D eigenvalue weighted by Crippen LogP contribution is -2.43. The molecular weight excluding hydrogens is 651 g/mol. The molecule has 1 fully saturated rings. The van der Waals surface area contributed by atoms with Gasteiger partial charge >= 0.3 is 0 Å². The topological polar surface area (TPSA) is 154 Å². The summed E-state index contributed by atoms with van der Waals surface area (Å²) in [6.07, 6.45) is 10.6. The van der Waals surface area contributed by atoms with Gasteiger partial charge in [-0.15, -0.1) is 0 Å². The van der Waals surface area contributed by atoms with Crippen molar-refractivity contribution in [2.24, 2.45) is 0 Å². The highest BCUT2D eigenvalue weighted by atomic mass is 32.2. The SMILES string of the molecule is CS(=O)(=O)OCCCc1ccc(-c2cccc(Oc3ncc(F)cc3C(=O)NC3CCC(NC(=O)c4cnn5cccnc45)CC3)c2)cc1. The number of ether oxygens (including phenoxy) is 1. The van der Waals surface area contributed by atoms with Crippen LogP contribution in [-0.4, -0.2) is 64.8 Å². The van der Waals surface area contributed by atoms with Crippen LogP contribution in [0.4, 0.5) is 4.39 Å². The van der Waals surface area contributed by atoms with Gasteiger partial charge in [-0.05, 0) is 79.5 Å². The number of aromatic nitrogens is 4. The largest absolute Gasteiger partial charge is 0.438 e. The third-order valence-corrected chi connectivity index (χ3v) is 8.82. The number of hydrogen-bond acceptors (Lipinski definition) is 9. The van der Waals surface area contributed by atoms with Crippen LogP contribution in [0, 0.1) is 5.82 Å². The molecule has 0 atom stereocenters. The van der Waals surface area contributed by atoms with Crippen LogP contribution in [0.15, 0.2) is 85.5 Å². The maximum absolute atomic E-state index is 14.3. The minimum Gasteiger partial charge on any atom is -0.438 e. The van der Waals surface area contributed by atoms with Crippen molar-refractivity contribution >= 4 is 27.6 Å². The normalized spacial score (nSPS) is 16.3. The first-order chi connectivity index (χ1) is 23.6. The monoisotopic (exact) mass is 686 g/mol. The van der Waals surface area contributed by atoms with Crippen LogP contribution in [0.25, 0.3) is 16.8 Å². The number of pyridine rings is 1. The van der Waals surface area contributed by atoms with Gasteiger partial charge in [0.2, 0.25) is 5.88 Å². The highest BCUT2D eigenvalue weighted by Crippen LogP contribution is 2.29. The van der Waals surface area contributed by atoms with Crippen molar-refractivity contribution in [2.75, 3.05) is 12.9 Å². The van der Waals surface area contributed by atoms with Crippen molar-refractivity contribution in [3.05, 3.63) is 108 Å². The maximum atomic E-state index is 14.3. The standard InChI is InChI=1S/C35H35FN6O6S/c1-49(45,46)47-18-3-5-23-8-10-24(11-9-23)25-6-2-7-29(19-25)48-35-30(20-26(36)21-38-35)33(43)40-27-12-14-28(15-13-27)41-34(44)31-22-39-42-17-4-16-37-32(31)42/h2,4,6-11,16-17,19-22,27-28H,3,5,12-15,18H2,1H3,(H,40,43)(H,41,44). The van der Waals surface area contributed by atoms with Crippen molar-refractivity contribution in [1.82, 2.24) is 30.2 Å². The van der Waals surface area contributed by atoms with E-state index in [1.165, 1.54) is 6.20 Å². The number of carbonyl (C=O) groups excluding carboxylic acids is 2. The summed E-state index contributed by atoms with van der Waals surface area (Å²) in [4.78, 5) is 34.6. The molecule has 49 heavy (non-hydrogen) atoms. The van der Waals surface area contributed by atoms with Gasteiger partial charge in [0.05, 0.1) is 25.3 Å². The first-order valence-electron chi connectivity index (χ1n) is 15.9. The molecule has 0 bridgehead atoms. The fourth-order valence-electron chi connectivity index (χ4n) is 5.77. The summed E-state index contributed by atoms with van der Waals surface area (Å²) < 4.78 is 48.9. The number of aryl methyl sites for hydroxylation is 1. The minimum atomic E-state index is -3.45. The number of halogens is 1. The molecule has 2 amide bonds. The summed E-state index contributed by atoms with van der Waals surface area (Å²) in [6, 6.07) is 17.7. The molecule has 12 nitrogen and oxygen atoms in total. The van der Waals surface area contributed by atoms with E-state index in [1.807, 2.05) is 36.4 Å². The van der Waals surface area contributed by atoms with Crippen LogP contribution < -0.4 is 15.4 Å². The van der Waals surface area contributed by atoms with E-state index in [0.29, 0.717) is 55.5 Å². The van der Waals surface area contributed by atoms with E-state index in [-0.39, 0.29) is 36.0 Å². The molecule has 6 rings (SSSR count). The minimum absolute atomic E-state index is 0.0225. The summed E-state index contributed by atoms with van der Waals surface area (Å²) in [6.45, 7) is 0.127. The molecule has 0 saturated heterocycles. The second-order valence-corrected chi connectivity index (χ2v) is 13.5. The zero-order chi connectivity index (χ0) is 34.4. The number of benzene rings is 2. The van der Waals surface area contributed by atoms with E-state index >= 15 is 0 Å². The van der Waals surface area contributed by atoms with E-state index in [4.69, 9.17) is 8.92 Å². The first kappa shape index (κ1) is 33.7. The van der Waals surface area contributed by atoms with Crippen LogP contribution in [0.2, 0.25) is 0 Å².